The van der Waals surface area contributed by atoms with Gasteiger partial charge >= 0.3 is 5.97 Å². The van der Waals surface area contributed by atoms with Crippen molar-refractivity contribution in [2.75, 3.05) is 13.2 Å². The zero-order valence-electron chi connectivity index (χ0n) is 16.5. The lowest BCUT2D eigenvalue weighted by Crippen LogP contribution is -2.33. The van der Waals surface area contributed by atoms with E-state index < -0.39 is 17.2 Å². The number of carbonyl (C=O) groups is 1. The maximum atomic E-state index is 15.3. The monoisotopic (exact) mass is 384 g/mol. The molecule has 0 amide bonds. The van der Waals surface area contributed by atoms with Gasteiger partial charge in [-0.1, -0.05) is 0 Å². The van der Waals surface area contributed by atoms with Crippen LogP contribution in [0.3, 0.4) is 0 Å². The molecule has 0 bridgehead atoms. The summed E-state index contributed by atoms with van der Waals surface area (Å²) in [5.74, 6) is -0.713. The number of hydrogen-bond donors (Lipinski definition) is 0. The van der Waals surface area contributed by atoms with Crippen LogP contribution in [0.4, 0.5) is 4.39 Å². The number of nitrogens with zero attached hydrogens (tertiary/aromatic N) is 2. The molecule has 4 rings (SSSR count). The minimum atomic E-state index is -0.792. The predicted molar refractivity (Wildman–Crippen MR) is 102 cm³/mol. The summed E-state index contributed by atoms with van der Waals surface area (Å²) >= 11 is 0. The van der Waals surface area contributed by atoms with Crippen LogP contribution in [-0.4, -0.2) is 29.2 Å². The van der Waals surface area contributed by atoms with Crippen LogP contribution >= 0.6 is 0 Å². The summed E-state index contributed by atoms with van der Waals surface area (Å²) in [5, 5.41) is 9.68. The first-order valence-electron chi connectivity index (χ1n) is 9.87. The van der Waals surface area contributed by atoms with Crippen LogP contribution < -0.4 is 0 Å². The highest BCUT2D eigenvalue weighted by atomic mass is 19.1. The normalized spacial score (nSPS) is 22.6. The zero-order valence-corrected chi connectivity index (χ0v) is 16.5. The molecule has 1 unspecified atom stereocenters. The van der Waals surface area contributed by atoms with Gasteiger partial charge in [0.05, 0.1) is 34.8 Å². The van der Waals surface area contributed by atoms with Crippen molar-refractivity contribution in [3.63, 3.8) is 0 Å². The molecule has 1 saturated heterocycles. The van der Waals surface area contributed by atoms with Crippen molar-refractivity contribution in [3.8, 4) is 6.07 Å². The van der Waals surface area contributed by atoms with Crippen LogP contribution in [0.2, 0.25) is 0 Å². The fraction of sp³-hybridized carbons (Fsp3) is 0.545. The second kappa shape index (κ2) is 6.59. The van der Waals surface area contributed by atoms with Gasteiger partial charge in [-0.25, -0.2) is 9.18 Å². The summed E-state index contributed by atoms with van der Waals surface area (Å²) in [6.45, 7) is 6.69. The second-order valence-corrected chi connectivity index (χ2v) is 8.51. The van der Waals surface area contributed by atoms with Crippen molar-refractivity contribution in [1.29, 1.82) is 5.26 Å². The minimum absolute atomic E-state index is 0.186. The SMILES string of the molecule is CCOC(=O)c1cn2cc(C3CCOC(C)(C)C3)cc(F)c2c1C1(C#N)CC1. The molecule has 2 fully saturated rings. The van der Waals surface area contributed by atoms with Crippen LogP contribution in [-0.2, 0) is 14.9 Å². The van der Waals surface area contributed by atoms with Gasteiger partial charge in [0, 0.05) is 24.6 Å². The van der Waals surface area contributed by atoms with Gasteiger partial charge < -0.3 is 13.9 Å². The maximum absolute atomic E-state index is 15.3. The average Bonchev–Trinajstić information content (AvgIpc) is 3.33. The highest BCUT2D eigenvalue weighted by Gasteiger charge is 2.49. The first-order chi connectivity index (χ1) is 13.3. The van der Waals surface area contributed by atoms with Gasteiger partial charge in [-0.05, 0) is 64.0 Å². The van der Waals surface area contributed by atoms with E-state index in [9.17, 15) is 10.1 Å². The number of fused-ring (bicyclic) bond motifs is 1. The van der Waals surface area contributed by atoms with Crippen molar-refractivity contribution in [2.24, 2.45) is 0 Å². The summed E-state index contributed by atoms with van der Waals surface area (Å²) < 4.78 is 27.9. The maximum Gasteiger partial charge on any atom is 0.340 e. The van der Waals surface area contributed by atoms with Gasteiger partial charge in [-0.2, -0.15) is 5.26 Å². The number of ether oxygens (including phenoxy) is 2. The van der Waals surface area contributed by atoms with Gasteiger partial charge in [-0.3, -0.25) is 0 Å². The second-order valence-electron chi connectivity index (χ2n) is 8.51. The number of esters is 1. The smallest absolute Gasteiger partial charge is 0.340 e. The lowest BCUT2D eigenvalue weighted by atomic mass is 9.84. The molecule has 6 heteroatoms. The van der Waals surface area contributed by atoms with Crippen molar-refractivity contribution in [2.45, 2.75) is 63.4 Å². The van der Waals surface area contributed by atoms with E-state index >= 15 is 4.39 Å². The molecule has 1 aliphatic carbocycles. The summed E-state index contributed by atoms with van der Waals surface area (Å²) in [6.07, 6.45) is 6.41. The van der Waals surface area contributed by atoms with Crippen molar-refractivity contribution >= 4 is 11.5 Å². The van der Waals surface area contributed by atoms with Crippen molar-refractivity contribution in [3.05, 3.63) is 41.0 Å². The molecule has 1 saturated carbocycles. The van der Waals surface area contributed by atoms with Crippen LogP contribution in [0, 0.1) is 17.1 Å². The Balaban J connectivity index is 1.85. The zero-order chi connectivity index (χ0) is 20.1. The lowest BCUT2D eigenvalue weighted by molar-refractivity contribution is -0.0593. The van der Waals surface area contributed by atoms with E-state index in [0.717, 1.165) is 18.4 Å². The van der Waals surface area contributed by atoms with E-state index in [2.05, 4.69) is 6.07 Å². The van der Waals surface area contributed by atoms with Gasteiger partial charge in [0.1, 0.15) is 5.82 Å². The van der Waals surface area contributed by atoms with Crippen LogP contribution in [0.1, 0.15) is 73.9 Å². The Morgan fingerprint density at radius 2 is 2.18 bits per heavy atom. The standard InChI is InChI=1S/C22H25FN2O3/c1-4-27-20(26)16-12-25-11-15(14-5-8-28-21(2,3)10-14)9-17(23)19(25)18(16)22(13-24)6-7-22/h9,11-12,14H,4-8,10H2,1-3H3. The number of pyridine rings is 1. The number of aromatic nitrogens is 1. The van der Waals surface area contributed by atoms with E-state index in [1.54, 1.807) is 23.6 Å². The summed E-state index contributed by atoms with van der Waals surface area (Å²) in [4.78, 5) is 12.5. The molecule has 1 aliphatic heterocycles. The Morgan fingerprint density at radius 1 is 1.43 bits per heavy atom. The summed E-state index contributed by atoms with van der Waals surface area (Å²) in [6, 6.07) is 3.86. The predicted octanol–water partition coefficient (Wildman–Crippen LogP) is 4.48. The highest BCUT2D eigenvalue weighted by molar-refractivity contribution is 5.95. The molecule has 0 aromatic carbocycles. The first-order valence-corrected chi connectivity index (χ1v) is 9.87. The number of carbonyl (C=O) groups excluding carboxylic acids is 1. The highest BCUT2D eigenvalue weighted by Crippen LogP contribution is 2.51. The Hall–Kier alpha value is -2.39. The van der Waals surface area contributed by atoms with Gasteiger partial charge in [0.15, 0.2) is 0 Å². The Bertz CT molecular complexity index is 982. The molecule has 2 aliphatic rings. The largest absolute Gasteiger partial charge is 0.462 e. The number of nitriles is 1. The van der Waals surface area contributed by atoms with Crippen LogP contribution in [0.25, 0.3) is 5.52 Å². The summed E-state index contributed by atoms with van der Waals surface area (Å²) in [7, 11) is 0. The molecule has 3 heterocycles. The van der Waals surface area contributed by atoms with Gasteiger partial charge in [0.25, 0.3) is 0 Å². The Labute approximate surface area is 164 Å². The first kappa shape index (κ1) is 18.9. The van der Waals surface area contributed by atoms with Crippen molar-refractivity contribution < 1.29 is 18.7 Å². The molecule has 2 aromatic rings. The van der Waals surface area contributed by atoms with E-state index in [0.29, 0.717) is 36.1 Å². The van der Waals surface area contributed by atoms with Gasteiger partial charge in [-0.15, -0.1) is 0 Å². The summed E-state index contributed by atoms with van der Waals surface area (Å²) in [5.41, 5.74) is 0.941. The molecule has 5 nitrogen and oxygen atoms in total. The number of rotatable bonds is 4. The molecule has 1 atom stereocenters. The molecular formula is C22H25FN2O3. The molecule has 0 radical (unpaired) electrons. The molecule has 28 heavy (non-hydrogen) atoms. The Morgan fingerprint density at radius 3 is 2.79 bits per heavy atom. The average molecular weight is 384 g/mol. The quantitative estimate of drug-likeness (QED) is 0.729. The topological polar surface area (TPSA) is 63.7 Å². The fourth-order valence-electron chi connectivity index (χ4n) is 4.41. The Kier molecular flexibility index (Phi) is 4.46. The van der Waals surface area contributed by atoms with Gasteiger partial charge in [0.2, 0.25) is 0 Å². The molecule has 148 valence electrons. The van der Waals surface area contributed by atoms with E-state index in [4.69, 9.17) is 9.47 Å². The van der Waals surface area contributed by atoms with E-state index in [1.165, 1.54) is 0 Å². The fourth-order valence-corrected chi connectivity index (χ4v) is 4.41. The third-order valence-electron chi connectivity index (χ3n) is 5.95. The third-order valence-corrected chi connectivity index (χ3v) is 5.95. The van der Waals surface area contributed by atoms with E-state index in [-0.39, 0.29) is 18.1 Å². The lowest BCUT2D eigenvalue weighted by Gasteiger charge is -2.35. The number of hydrogen-bond acceptors (Lipinski definition) is 4. The minimum Gasteiger partial charge on any atom is -0.462 e. The molecule has 0 spiro atoms. The van der Waals surface area contributed by atoms with Crippen molar-refractivity contribution in [1.82, 2.24) is 4.40 Å². The molecular weight excluding hydrogens is 359 g/mol. The molecule has 2 aromatic heterocycles. The number of halogens is 1. The van der Waals surface area contributed by atoms with E-state index in [1.807, 2.05) is 20.0 Å². The van der Waals surface area contributed by atoms with Crippen LogP contribution in [0.15, 0.2) is 18.5 Å². The molecule has 0 N–H and O–H groups in total. The van der Waals surface area contributed by atoms with Crippen LogP contribution in [0.5, 0.6) is 0 Å². The third kappa shape index (κ3) is 3.08.